The molecule has 3 aromatic carbocycles. The molecule has 0 aromatic heterocycles. The Kier molecular flexibility index (Phi) is 4.63. The molecule has 122 valence electrons. The SMILES string of the molecule is CC(CO)(Oc1ccc(-c2ccc(F)cc2)cc1)c1ccccc1. The highest BCUT2D eigenvalue weighted by atomic mass is 19.1. The van der Waals surface area contributed by atoms with E-state index in [-0.39, 0.29) is 12.4 Å². The second-order valence-electron chi connectivity index (χ2n) is 5.89. The van der Waals surface area contributed by atoms with E-state index in [2.05, 4.69) is 0 Å². The third kappa shape index (κ3) is 3.47. The van der Waals surface area contributed by atoms with Crippen molar-refractivity contribution in [2.45, 2.75) is 12.5 Å². The molecule has 0 aliphatic rings. The Labute approximate surface area is 141 Å². The average Bonchev–Trinajstić information content (AvgIpc) is 2.64. The number of halogens is 1. The molecule has 3 heteroatoms. The number of aliphatic hydroxyl groups excluding tert-OH is 1. The van der Waals surface area contributed by atoms with Gasteiger partial charge in [-0.05, 0) is 47.9 Å². The molecule has 0 fully saturated rings. The van der Waals surface area contributed by atoms with Crippen LogP contribution in [0.25, 0.3) is 11.1 Å². The zero-order valence-corrected chi connectivity index (χ0v) is 13.4. The van der Waals surface area contributed by atoms with E-state index in [1.54, 1.807) is 12.1 Å². The number of hydrogen-bond acceptors (Lipinski definition) is 2. The quantitative estimate of drug-likeness (QED) is 0.732. The zero-order valence-electron chi connectivity index (χ0n) is 13.4. The molecule has 1 unspecified atom stereocenters. The van der Waals surface area contributed by atoms with Crippen molar-refractivity contribution in [3.63, 3.8) is 0 Å². The number of ether oxygens (including phenoxy) is 1. The predicted octanol–water partition coefficient (Wildman–Crippen LogP) is 4.78. The van der Waals surface area contributed by atoms with Crippen molar-refractivity contribution in [2.75, 3.05) is 6.61 Å². The number of aliphatic hydroxyl groups is 1. The van der Waals surface area contributed by atoms with Gasteiger partial charge in [0, 0.05) is 0 Å². The van der Waals surface area contributed by atoms with E-state index in [4.69, 9.17) is 4.74 Å². The molecule has 1 N–H and O–H groups in total. The number of benzene rings is 3. The van der Waals surface area contributed by atoms with Crippen molar-refractivity contribution < 1.29 is 14.2 Å². The molecule has 0 amide bonds. The third-order valence-electron chi connectivity index (χ3n) is 4.06. The number of hydrogen-bond donors (Lipinski definition) is 1. The fourth-order valence-electron chi connectivity index (χ4n) is 2.59. The van der Waals surface area contributed by atoms with Crippen LogP contribution < -0.4 is 4.74 Å². The van der Waals surface area contributed by atoms with E-state index in [9.17, 15) is 9.50 Å². The lowest BCUT2D eigenvalue weighted by Crippen LogP contribution is -2.33. The summed E-state index contributed by atoms with van der Waals surface area (Å²) in [6, 6.07) is 23.6. The summed E-state index contributed by atoms with van der Waals surface area (Å²) in [6.07, 6.45) is 0. The summed E-state index contributed by atoms with van der Waals surface area (Å²) in [6.45, 7) is 1.73. The van der Waals surface area contributed by atoms with Gasteiger partial charge in [-0.1, -0.05) is 54.6 Å². The van der Waals surface area contributed by atoms with E-state index < -0.39 is 5.60 Å². The number of rotatable bonds is 5. The Morgan fingerprint density at radius 2 is 1.38 bits per heavy atom. The van der Waals surface area contributed by atoms with Gasteiger partial charge in [-0.25, -0.2) is 4.39 Å². The highest BCUT2D eigenvalue weighted by Gasteiger charge is 2.27. The minimum Gasteiger partial charge on any atom is -0.480 e. The maximum absolute atomic E-state index is 13.0. The minimum atomic E-state index is -0.807. The molecule has 1 atom stereocenters. The van der Waals surface area contributed by atoms with Gasteiger partial charge in [0.05, 0.1) is 6.61 Å². The van der Waals surface area contributed by atoms with Gasteiger partial charge in [0.15, 0.2) is 5.60 Å². The van der Waals surface area contributed by atoms with Gasteiger partial charge in [0.1, 0.15) is 11.6 Å². The first kappa shape index (κ1) is 16.2. The normalized spacial score (nSPS) is 13.3. The highest BCUT2D eigenvalue weighted by Crippen LogP contribution is 2.29. The van der Waals surface area contributed by atoms with E-state index in [0.717, 1.165) is 16.7 Å². The first-order valence-corrected chi connectivity index (χ1v) is 7.82. The van der Waals surface area contributed by atoms with Gasteiger partial charge in [-0.2, -0.15) is 0 Å². The summed E-state index contributed by atoms with van der Waals surface area (Å²) in [7, 11) is 0. The molecule has 2 nitrogen and oxygen atoms in total. The molecule has 0 heterocycles. The first-order valence-electron chi connectivity index (χ1n) is 7.82. The molecular weight excluding hydrogens is 303 g/mol. The lowest BCUT2D eigenvalue weighted by atomic mass is 9.96. The van der Waals surface area contributed by atoms with Gasteiger partial charge in [-0.3, -0.25) is 0 Å². The average molecular weight is 322 g/mol. The van der Waals surface area contributed by atoms with Crippen LogP contribution in [-0.4, -0.2) is 11.7 Å². The molecule has 0 saturated heterocycles. The van der Waals surface area contributed by atoms with Crippen LogP contribution in [0.1, 0.15) is 12.5 Å². The van der Waals surface area contributed by atoms with E-state index in [0.29, 0.717) is 5.75 Å². The van der Waals surface area contributed by atoms with Gasteiger partial charge in [0.2, 0.25) is 0 Å². The van der Waals surface area contributed by atoms with Gasteiger partial charge >= 0.3 is 0 Å². The van der Waals surface area contributed by atoms with Crippen LogP contribution in [-0.2, 0) is 5.60 Å². The van der Waals surface area contributed by atoms with Gasteiger partial charge in [0.25, 0.3) is 0 Å². The Hall–Kier alpha value is -2.65. The Bertz CT molecular complexity index is 782. The molecule has 3 aromatic rings. The van der Waals surface area contributed by atoms with Crippen LogP contribution >= 0.6 is 0 Å². The summed E-state index contributed by atoms with van der Waals surface area (Å²) >= 11 is 0. The monoisotopic (exact) mass is 322 g/mol. The smallest absolute Gasteiger partial charge is 0.154 e. The van der Waals surface area contributed by atoms with Crippen molar-refractivity contribution in [1.82, 2.24) is 0 Å². The summed E-state index contributed by atoms with van der Waals surface area (Å²) in [5, 5.41) is 9.80. The Balaban J connectivity index is 1.81. The summed E-state index contributed by atoms with van der Waals surface area (Å²) in [5.74, 6) is 0.418. The maximum Gasteiger partial charge on any atom is 0.154 e. The summed E-state index contributed by atoms with van der Waals surface area (Å²) in [4.78, 5) is 0. The highest BCUT2D eigenvalue weighted by molar-refractivity contribution is 5.64. The van der Waals surface area contributed by atoms with Crippen LogP contribution in [0.4, 0.5) is 4.39 Å². The molecule has 0 bridgehead atoms. The third-order valence-corrected chi connectivity index (χ3v) is 4.06. The van der Waals surface area contributed by atoms with Crippen molar-refractivity contribution in [3.8, 4) is 16.9 Å². The molecule has 0 radical (unpaired) electrons. The molecular formula is C21H19FO2. The van der Waals surface area contributed by atoms with Crippen molar-refractivity contribution >= 4 is 0 Å². The predicted molar refractivity (Wildman–Crippen MR) is 93.3 cm³/mol. The van der Waals surface area contributed by atoms with Gasteiger partial charge < -0.3 is 9.84 Å². The molecule has 0 aliphatic heterocycles. The second kappa shape index (κ2) is 6.85. The van der Waals surface area contributed by atoms with Crippen LogP contribution in [0, 0.1) is 5.82 Å². The second-order valence-corrected chi connectivity index (χ2v) is 5.89. The van der Waals surface area contributed by atoms with Crippen LogP contribution in [0.3, 0.4) is 0 Å². The topological polar surface area (TPSA) is 29.5 Å². The molecule has 24 heavy (non-hydrogen) atoms. The molecule has 0 spiro atoms. The molecule has 3 rings (SSSR count). The lowest BCUT2D eigenvalue weighted by molar-refractivity contribution is 0.0217. The Morgan fingerprint density at radius 3 is 1.92 bits per heavy atom. The van der Waals surface area contributed by atoms with Crippen molar-refractivity contribution in [3.05, 3.63) is 90.2 Å². The summed E-state index contributed by atoms with van der Waals surface area (Å²) in [5.41, 5.74) is 2.03. The van der Waals surface area contributed by atoms with Crippen LogP contribution in [0.15, 0.2) is 78.9 Å². The zero-order chi connectivity index (χ0) is 17.0. The van der Waals surface area contributed by atoms with Gasteiger partial charge in [-0.15, -0.1) is 0 Å². The van der Waals surface area contributed by atoms with Crippen molar-refractivity contribution in [2.24, 2.45) is 0 Å². The standard InChI is InChI=1S/C21H19FO2/c1-21(15-23,18-5-3-2-4-6-18)24-20-13-9-17(10-14-20)16-7-11-19(22)12-8-16/h2-14,23H,15H2,1H3. The van der Waals surface area contributed by atoms with Crippen LogP contribution in [0.2, 0.25) is 0 Å². The maximum atomic E-state index is 13.0. The van der Waals surface area contributed by atoms with E-state index >= 15 is 0 Å². The fourth-order valence-corrected chi connectivity index (χ4v) is 2.59. The fraction of sp³-hybridized carbons (Fsp3) is 0.143. The Morgan fingerprint density at radius 1 is 0.833 bits per heavy atom. The van der Waals surface area contributed by atoms with Crippen LogP contribution in [0.5, 0.6) is 5.75 Å². The minimum absolute atomic E-state index is 0.128. The molecule has 0 saturated carbocycles. The summed E-state index contributed by atoms with van der Waals surface area (Å²) < 4.78 is 19.0. The van der Waals surface area contributed by atoms with E-state index in [1.165, 1.54) is 12.1 Å². The lowest BCUT2D eigenvalue weighted by Gasteiger charge is -2.29. The van der Waals surface area contributed by atoms with E-state index in [1.807, 2.05) is 61.5 Å². The first-order chi connectivity index (χ1) is 11.6. The van der Waals surface area contributed by atoms with Crippen molar-refractivity contribution in [1.29, 1.82) is 0 Å². The molecule has 0 aliphatic carbocycles. The largest absolute Gasteiger partial charge is 0.480 e.